The molecule has 0 aliphatic heterocycles. The summed E-state index contributed by atoms with van der Waals surface area (Å²) in [4.78, 5) is 0. The molecular weight excluding hydrogens is 307 g/mol. The number of rotatable bonds is 7. The average molecular weight is 332 g/mol. The van der Waals surface area contributed by atoms with E-state index >= 15 is 0 Å². The quantitative estimate of drug-likeness (QED) is 0.584. The van der Waals surface area contributed by atoms with Gasteiger partial charge in [0.25, 0.3) is 0 Å². The molecule has 0 spiro atoms. The lowest BCUT2D eigenvalue weighted by Gasteiger charge is -2.21. The highest BCUT2D eigenvalue weighted by Crippen LogP contribution is 2.44. The zero-order chi connectivity index (χ0) is 16.8. The molecular formula is C19H25O3P. The first kappa shape index (κ1) is 17.8. The van der Waals surface area contributed by atoms with Crippen molar-refractivity contribution in [2.75, 3.05) is 0 Å². The summed E-state index contributed by atoms with van der Waals surface area (Å²) in [5, 5.41) is 0. The number of aryl methyl sites for hydroxylation is 3. The van der Waals surface area contributed by atoms with Crippen LogP contribution in [-0.2, 0) is 10.9 Å². The van der Waals surface area contributed by atoms with Crippen molar-refractivity contribution < 1.29 is 13.6 Å². The Bertz CT molecular complexity index is 640. The highest BCUT2D eigenvalue weighted by Gasteiger charge is 2.21. The van der Waals surface area contributed by atoms with Crippen molar-refractivity contribution in [1.82, 2.24) is 0 Å². The molecule has 0 aliphatic rings. The van der Waals surface area contributed by atoms with Gasteiger partial charge in [-0.15, -0.1) is 0 Å². The first-order chi connectivity index (χ1) is 11.0. The second-order valence-electron chi connectivity index (χ2n) is 5.79. The van der Waals surface area contributed by atoms with Crippen LogP contribution >= 0.6 is 8.60 Å². The van der Waals surface area contributed by atoms with Gasteiger partial charge in [0.05, 0.1) is 6.10 Å². The SMILES string of the molecule is CCc1ccccc1OP(Oc1ccc(C)cc1C)OC(C)C. The van der Waals surface area contributed by atoms with Crippen LogP contribution in [0.4, 0.5) is 0 Å². The molecule has 0 saturated heterocycles. The second-order valence-corrected chi connectivity index (χ2v) is 6.81. The van der Waals surface area contributed by atoms with Crippen molar-refractivity contribution in [2.24, 2.45) is 0 Å². The molecule has 0 N–H and O–H groups in total. The first-order valence-corrected chi connectivity index (χ1v) is 9.07. The van der Waals surface area contributed by atoms with Gasteiger partial charge in [-0.1, -0.05) is 42.8 Å². The van der Waals surface area contributed by atoms with Crippen LogP contribution in [0.1, 0.15) is 37.5 Å². The fourth-order valence-electron chi connectivity index (χ4n) is 2.18. The van der Waals surface area contributed by atoms with Gasteiger partial charge in [0.2, 0.25) is 0 Å². The third kappa shape index (κ3) is 5.23. The Labute approximate surface area is 140 Å². The lowest BCUT2D eigenvalue weighted by Crippen LogP contribution is -2.07. The Morgan fingerprint density at radius 2 is 1.65 bits per heavy atom. The number of hydrogen-bond donors (Lipinski definition) is 0. The lowest BCUT2D eigenvalue weighted by molar-refractivity contribution is 0.209. The summed E-state index contributed by atoms with van der Waals surface area (Å²) >= 11 is 0. The second kappa shape index (κ2) is 8.33. The Hall–Kier alpha value is -1.57. The van der Waals surface area contributed by atoms with Crippen molar-refractivity contribution in [2.45, 2.75) is 47.1 Å². The van der Waals surface area contributed by atoms with E-state index in [4.69, 9.17) is 13.6 Å². The molecule has 0 aliphatic carbocycles. The Kier molecular flexibility index (Phi) is 6.44. The molecule has 0 saturated carbocycles. The molecule has 124 valence electrons. The molecule has 23 heavy (non-hydrogen) atoms. The maximum absolute atomic E-state index is 6.06. The van der Waals surface area contributed by atoms with Crippen LogP contribution in [0.3, 0.4) is 0 Å². The van der Waals surface area contributed by atoms with Crippen LogP contribution in [0.25, 0.3) is 0 Å². The topological polar surface area (TPSA) is 27.7 Å². The molecule has 0 bridgehead atoms. The van der Waals surface area contributed by atoms with Crippen LogP contribution in [0, 0.1) is 13.8 Å². The molecule has 1 atom stereocenters. The van der Waals surface area contributed by atoms with E-state index in [1.165, 1.54) is 5.56 Å². The van der Waals surface area contributed by atoms with Crippen molar-refractivity contribution >= 4 is 8.60 Å². The van der Waals surface area contributed by atoms with Crippen molar-refractivity contribution in [3.8, 4) is 11.5 Å². The van der Waals surface area contributed by atoms with E-state index in [-0.39, 0.29) is 6.10 Å². The third-order valence-electron chi connectivity index (χ3n) is 3.33. The van der Waals surface area contributed by atoms with Crippen molar-refractivity contribution in [3.05, 3.63) is 59.2 Å². The summed E-state index contributed by atoms with van der Waals surface area (Å²) < 4.78 is 18.0. The molecule has 1 unspecified atom stereocenters. The minimum atomic E-state index is -1.50. The standard InChI is InChI=1S/C19H25O3P/c1-6-17-9-7-8-10-19(17)22-23(20-14(2)3)21-18-12-11-15(4)13-16(18)5/h7-14H,6H2,1-5H3. The highest BCUT2D eigenvalue weighted by atomic mass is 31.2. The summed E-state index contributed by atoms with van der Waals surface area (Å²) in [6, 6.07) is 14.1. The van der Waals surface area contributed by atoms with E-state index in [0.29, 0.717) is 0 Å². The molecule has 2 aromatic rings. The summed E-state index contributed by atoms with van der Waals surface area (Å²) in [7, 11) is -1.50. The van der Waals surface area contributed by atoms with Gasteiger partial charge >= 0.3 is 8.60 Å². The maximum atomic E-state index is 6.06. The molecule has 0 fully saturated rings. The summed E-state index contributed by atoms with van der Waals surface area (Å²) in [5.74, 6) is 1.63. The van der Waals surface area contributed by atoms with Crippen molar-refractivity contribution in [1.29, 1.82) is 0 Å². The van der Waals surface area contributed by atoms with Gasteiger partial charge in [0, 0.05) is 0 Å². The monoisotopic (exact) mass is 332 g/mol. The predicted molar refractivity (Wildman–Crippen MR) is 96.1 cm³/mol. The molecule has 4 heteroatoms. The zero-order valence-electron chi connectivity index (χ0n) is 14.5. The normalized spacial score (nSPS) is 12.3. The van der Waals surface area contributed by atoms with Gasteiger partial charge in [0.15, 0.2) is 0 Å². The van der Waals surface area contributed by atoms with Crippen LogP contribution in [0.15, 0.2) is 42.5 Å². The molecule has 0 heterocycles. The van der Waals surface area contributed by atoms with Crippen LogP contribution < -0.4 is 9.05 Å². The largest absolute Gasteiger partial charge is 0.463 e. The summed E-state index contributed by atoms with van der Waals surface area (Å²) in [5.41, 5.74) is 3.44. The van der Waals surface area contributed by atoms with Crippen molar-refractivity contribution in [3.63, 3.8) is 0 Å². The molecule has 0 aromatic heterocycles. The summed E-state index contributed by atoms with van der Waals surface area (Å²) in [6.45, 7) is 10.2. The minimum Gasteiger partial charge on any atom is -0.417 e. The van der Waals surface area contributed by atoms with E-state index in [1.807, 2.05) is 51.1 Å². The number of para-hydroxylation sites is 1. The van der Waals surface area contributed by atoms with Gasteiger partial charge in [-0.3, -0.25) is 4.52 Å². The van der Waals surface area contributed by atoms with E-state index in [1.54, 1.807) is 0 Å². The highest BCUT2D eigenvalue weighted by molar-refractivity contribution is 7.42. The lowest BCUT2D eigenvalue weighted by atomic mass is 10.1. The maximum Gasteiger partial charge on any atom is 0.463 e. The van der Waals surface area contributed by atoms with E-state index in [9.17, 15) is 0 Å². The molecule has 0 amide bonds. The van der Waals surface area contributed by atoms with E-state index in [2.05, 4.69) is 26.0 Å². The third-order valence-corrected chi connectivity index (χ3v) is 4.61. The number of hydrogen-bond acceptors (Lipinski definition) is 3. The number of benzene rings is 2. The molecule has 0 radical (unpaired) electrons. The van der Waals surface area contributed by atoms with Gasteiger partial charge in [0.1, 0.15) is 11.5 Å². The molecule has 2 aromatic carbocycles. The van der Waals surface area contributed by atoms with Crippen LogP contribution in [0.2, 0.25) is 0 Å². The molecule has 2 rings (SSSR count). The van der Waals surface area contributed by atoms with Gasteiger partial charge < -0.3 is 9.05 Å². The minimum absolute atomic E-state index is 0.0284. The average Bonchev–Trinajstić information content (AvgIpc) is 2.50. The van der Waals surface area contributed by atoms with E-state index in [0.717, 1.165) is 29.0 Å². The van der Waals surface area contributed by atoms with E-state index < -0.39 is 8.60 Å². The fourth-order valence-corrected chi connectivity index (χ4v) is 3.35. The Balaban J connectivity index is 2.19. The smallest absolute Gasteiger partial charge is 0.417 e. The first-order valence-electron chi connectivity index (χ1n) is 7.97. The molecule has 3 nitrogen and oxygen atoms in total. The zero-order valence-corrected chi connectivity index (χ0v) is 15.4. The fraction of sp³-hybridized carbons (Fsp3) is 0.368. The van der Waals surface area contributed by atoms with Gasteiger partial charge in [-0.25, -0.2) is 0 Å². The van der Waals surface area contributed by atoms with Gasteiger partial charge in [-0.2, -0.15) is 0 Å². The Morgan fingerprint density at radius 1 is 0.957 bits per heavy atom. The summed E-state index contributed by atoms with van der Waals surface area (Å²) in [6.07, 6.45) is 0.936. The van der Waals surface area contributed by atoms with Crippen LogP contribution in [-0.4, -0.2) is 6.10 Å². The van der Waals surface area contributed by atoms with Gasteiger partial charge in [-0.05, 0) is 57.4 Å². The van der Waals surface area contributed by atoms with Crippen LogP contribution in [0.5, 0.6) is 11.5 Å². The predicted octanol–water partition coefficient (Wildman–Crippen LogP) is 5.98. The Morgan fingerprint density at radius 3 is 2.30 bits per heavy atom.